The molecule has 5 heteroatoms. The first kappa shape index (κ1) is 9.45. The van der Waals surface area contributed by atoms with E-state index in [0.29, 0.717) is 12.3 Å². The van der Waals surface area contributed by atoms with Gasteiger partial charge in [0.15, 0.2) is 6.10 Å². The average Bonchev–Trinajstić information content (AvgIpc) is 2.56. The number of carbonyl (C=O) groups excluding carboxylic acids is 1. The molecule has 1 aromatic rings. The van der Waals surface area contributed by atoms with Crippen LogP contribution in [0.2, 0.25) is 0 Å². The number of pyridine rings is 1. The number of hydrogen-bond acceptors (Lipinski definition) is 3. The predicted molar refractivity (Wildman–Crippen MR) is 54.0 cm³/mol. The van der Waals surface area contributed by atoms with Crippen molar-refractivity contribution in [3.8, 4) is 5.75 Å². The number of aromatic nitrogens is 1. The van der Waals surface area contributed by atoms with Crippen LogP contribution in [-0.4, -0.2) is 23.5 Å². The molecule has 1 aliphatic heterocycles. The molecule has 14 heavy (non-hydrogen) atoms. The number of rotatable bonds is 2. The molecule has 0 aromatic carbocycles. The molecule has 1 fully saturated rings. The zero-order valence-corrected chi connectivity index (χ0v) is 8.95. The molecular formula is C9H9BrN2O2. The van der Waals surface area contributed by atoms with Crippen molar-refractivity contribution in [3.63, 3.8) is 0 Å². The molecule has 0 aliphatic carbocycles. The van der Waals surface area contributed by atoms with Gasteiger partial charge in [-0.25, -0.2) is 4.98 Å². The Morgan fingerprint density at radius 1 is 1.57 bits per heavy atom. The van der Waals surface area contributed by atoms with Gasteiger partial charge in [0.05, 0.1) is 6.20 Å². The van der Waals surface area contributed by atoms with Gasteiger partial charge in [0.25, 0.3) is 5.91 Å². The fourth-order valence-corrected chi connectivity index (χ4v) is 1.51. The molecule has 1 amide bonds. The Bertz CT molecular complexity index is 339. The minimum absolute atomic E-state index is 0.0482. The summed E-state index contributed by atoms with van der Waals surface area (Å²) in [5.74, 6) is 0.572. The molecule has 2 heterocycles. The number of halogens is 1. The van der Waals surface area contributed by atoms with E-state index in [2.05, 4.69) is 26.2 Å². The van der Waals surface area contributed by atoms with Crippen molar-refractivity contribution in [2.45, 2.75) is 12.5 Å². The minimum Gasteiger partial charge on any atom is -0.479 e. The Labute approximate surface area is 89.8 Å². The van der Waals surface area contributed by atoms with Crippen LogP contribution in [0.4, 0.5) is 0 Å². The van der Waals surface area contributed by atoms with Crippen molar-refractivity contribution < 1.29 is 9.53 Å². The summed E-state index contributed by atoms with van der Waals surface area (Å²) in [7, 11) is 0. The van der Waals surface area contributed by atoms with Crippen molar-refractivity contribution in [2.24, 2.45) is 0 Å². The largest absolute Gasteiger partial charge is 0.479 e. The van der Waals surface area contributed by atoms with Crippen LogP contribution in [-0.2, 0) is 4.79 Å². The lowest BCUT2D eigenvalue weighted by molar-refractivity contribution is -0.124. The van der Waals surface area contributed by atoms with Crippen LogP contribution < -0.4 is 10.1 Å². The average molecular weight is 257 g/mol. The molecule has 0 bridgehead atoms. The third-order valence-corrected chi connectivity index (χ3v) is 2.45. The molecule has 4 nitrogen and oxygen atoms in total. The van der Waals surface area contributed by atoms with E-state index < -0.39 is 0 Å². The summed E-state index contributed by atoms with van der Waals surface area (Å²) in [4.78, 5) is 15.2. The Hall–Kier alpha value is -1.10. The molecule has 0 unspecified atom stereocenters. The highest BCUT2D eigenvalue weighted by Crippen LogP contribution is 2.16. The van der Waals surface area contributed by atoms with Crippen LogP contribution in [0.3, 0.4) is 0 Å². The molecule has 0 spiro atoms. The predicted octanol–water partition coefficient (Wildman–Crippen LogP) is 1.11. The van der Waals surface area contributed by atoms with Gasteiger partial charge in [0, 0.05) is 13.0 Å². The number of nitrogens with zero attached hydrogens (tertiary/aromatic N) is 1. The Morgan fingerprint density at radius 2 is 2.43 bits per heavy atom. The third kappa shape index (κ3) is 2.04. The quantitative estimate of drug-likeness (QED) is 0.807. The first-order chi connectivity index (χ1) is 6.75. The van der Waals surface area contributed by atoms with Gasteiger partial charge in [-0.1, -0.05) is 0 Å². The Kier molecular flexibility index (Phi) is 2.67. The summed E-state index contributed by atoms with van der Waals surface area (Å²) in [5.41, 5.74) is 0. The highest BCUT2D eigenvalue weighted by Gasteiger charge is 2.25. The van der Waals surface area contributed by atoms with Crippen LogP contribution >= 0.6 is 15.9 Å². The van der Waals surface area contributed by atoms with Crippen LogP contribution in [0.15, 0.2) is 22.9 Å². The van der Waals surface area contributed by atoms with Gasteiger partial charge in [-0.2, -0.15) is 0 Å². The van der Waals surface area contributed by atoms with Crippen LogP contribution in [0.25, 0.3) is 0 Å². The Balaban J connectivity index is 2.03. The van der Waals surface area contributed by atoms with Gasteiger partial charge >= 0.3 is 0 Å². The van der Waals surface area contributed by atoms with E-state index in [9.17, 15) is 4.79 Å². The molecule has 0 saturated carbocycles. The highest BCUT2D eigenvalue weighted by molar-refractivity contribution is 9.10. The summed E-state index contributed by atoms with van der Waals surface area (Å²) < 4.78 is 6.20. The second kappa shape index (κ2) is 3.96. The van der Waals surface area contributed by atoms with Gasteiger partial charge in [-0.15, -0.1) is 0 Å². The third-order valence-electron chi connectivity index (χ3n) is 1.98. The van der Waals surface area contributed by atoms with Crippen molar-refractivity contribution in [2.75, 3.05) is 6.54 Å². The molecular weight excluding hydrogens is 248 g/mol. The fourth-order valence-electron chi connectivity index (χ4n) is 1.28. The number of amides is 1. The molecule has 1 aromatic heterocycles. The molecule has 74 valence electrons. The zero-order chi connectivity index (χ0) is 9.97. The maximum Gasteiger partial charge on any atom is 0.261 e. The zero-order valence-electron chi connectivity index (χ0n) is 7.37. The van der Waals surface area contributed by atoms with Crippen molar-refractivity contribution in [1.29, 1.82) is 0 Å². The first-order valence-corrected chi connectivity index (χ1v) is 5.11. The van der Waals surface area contributed by atoms with Crippen LogP contribution in [0.1, 0.15) is 6.42 Å². The van der Waals surface area contributed by atoms with Gasteiger partial charge < -0.3 is 10.1 Å². The fraction of sp³-hybridized carbons (Fsp3) is 0.333. The summed E-state index contributed by atoms with van der Waals surface area (Å²) in [6, 6.07) is 3.56. The van der Waals surface area contributed by atoms with E-state index in [1.54, 1.807) is 18.3 Å². The summed E-state index contributed by atoms with van der Waals surface area (Å²) in [6.07, 6.45) is 1.95. The molecule has 1 N–H and O–H groups in total. The number of ether oxygens (including phenoxy) is 1. The topological polar surface area (TPSA) is 51.2 Å². The van der Waals surface area contributed by atoms with Crippen molar-refractivity contribution in [1.82, 2.24) is 10.3 Å². The van der Waals surface area contributed by atoms with Gasteiger partial charge in [-0.3, -0.25) is 4.79 Å². The van der Waals surface area contributed by atoms with Crippen molar-refractivity contribution in [3.05, 3.63) is 22.9 Å². The lowest BCUT2D eigenvalue weighted by Gasteiger charge is -2.09. The van der Waals surface area contributed by atoms with E-state index in [4.69, 9.17) is 4.74 Å². The molecule has 1 aliphatic rings. The SMILES string of the molecule is O=C1NCC[C@H]1Oc1ccc(Br)nc1. The second-order valence-corrected chi connectivity index (χ2v) is 3.82. The van der Waals surface area contributed by atoms with Gasteiger partial charge in [0.2, 0.25) is 0 Å². The maximum atomic E-state index is 11.2. The number of nitrogens with one attached hydrogen (secondary N) is 1. The number of hydrogen-bond donors (Lipinski definition) is 1. The van der Waals surface area contributed by atoms with E-state index in [0.717, 1.165) is 11.0 Å². The van der Waals surface area contributed by atoms with E-state index >= 15 is 0 Å². The first-order valence-electron chi connectivity index (χ1n) is 4.31. The minimum atomic E-state index is -0.363. The normalized spacial score (nSPS) is 20.6. The molecule has 2 rings (SSSR count). The standard InChI is InChI=1S/C9H9BrN2O2/c10-8-2-1-6(5-12-8)14-7-3-4-11-9(7)13/h1-2,5,7H,3-4H2,(H,11,13)/t7-/m1/s1. The molecule has 0 radical (unpaired) electrons. The maximum absolute atomic E-state index is 11.2. The smallest absolute Gasteiger partial charge is 0.261 e. The second-order valence-electron chi connectivity index (χ2n) is 3.00. The number of carbonyl (C=O) groups is 1. The van der Waals surface area contributed by atoms with E-state index in [1.165, 1.54) is 0 Å². The lowest BCUT2D eigenvalue weighted by Crippen LogP contribution is -2.27. The molecule has 1 atom stereocenters. The lowest BCUT2D eigenvalue weighted by atomic mass is 10.3. The van der Waals surface area contributed by atoms with E-state index in [1.807, 2.05) is 0 Å². The van der Waals surface area contributed by atoms with E-state index in [-0.39, 0.29) is 12.0 Å². The van der Waals surface area contributed by atoms with Crippen LogP contribution in [0.5, 0.6) is 5.75 Å². The Morgan fingerprint density at radius 3 is 3.00 bits per heavy atom. The summed E-state index contributed by atoms with van der Waals surface area (Å²) >= 11 is 3.22. The van der Waals surface area contributed by atoms with Gasteiger partial charge in [-0.05, 0) is 28.1 Å². The monoisotopic (exact) mass is 256 g/mol. The summed E-state index contributed by atoms with van der Waals surface area (Å²) in [6.45, 7) is 0.688. The van der Waals surface area contributed by atoms with Gasteiger partial charge in [0.1, 0.15) is 10.4 Å². The molecule has 1 saturated heterocycles. The van der Waals surface area contributed by atoms with Crippen molar-refractivity contribution >= 4 is 21.8 Å². The summed E-state index contributed by atoms with van der Waals surface area (Å²) in [5, 5.41) is 2.71. The van der Waals surface area contributed by atoms with Crippen LogP contribution in [0, 0.1) is 0 Å². The highest BCUT2D eigenvalue weighted by atomic mass is 79.9.